The SMILES string of the molecule is CN(C)CCNC(=O)c1ccnc(Nc2ccc3c(c2)OCO3)n1. The Morgan fingerprint density at radius 3 is 2.92 bits per heavy atom. The first-order chi connectivity index (χ1) is 11.6. The minimum atomic E-state index is -0.229. The van der Waals surface area contributed by atoms with Crippen molar-refractivity contribution in [1.82, 2.24) is 20.2 Å². The summed E-state index contributed by atoms with van der Waals surface area (Å²) in [7, 11) is 3.90. The molecule has 0 saturated carbocycles. The van der Waals surface area contributed by atoms with Gasteiger partial charge in [0.1, 0.15) is 5.69 Å². The molecule has 2 N–H and O–H groups in total. The van der Waals surface area contributed by atoms with Gasteiger partial charge in [-0.2, -0.15) is 0 Å². The Morgan fingerprint density at radius 2 is 2.08 bits per heavy atom. The molecule has 0 spiro atoms. The highest BCUT2D eigenvalue weighted by Crippen LogP contribution is 2.34. The maximum atomic E-state index is 12.1. The van der Waals surface area contributed by atoms with Crippen molar-refractivity contribution in [2.75, 3.05) is 39.3 Å². The minimum absolute atomic E-state index is 0.220. The van der Waals surface area contributed by atoms with E-state index in [1.54, 1.807) is 18.3 Å². The van der Waals surface area contributed by atoms with Crippen LogP contribution in [0.3, 0.4) is 0 Å². The molecule has 0 fully saturated rings. The molecule has 0 radical (unpaired) electrons. The number of benzene rings is 1. The third-order valence-corrected chi connectivity index (χ3v) is 3.36. The largest absolute Gasteiger partial charge is 0.454 e. The van der Waals surface area contributed by atoms with E-state index in [0.717, 1.165) is 12.2 Å². The van der Waals surface area contributed by atoms with Gasteiger partial charge in [-0.05, 0) is 32.3 Å². The van der Waals surface area contributed by atoms with Crippen LogP contribution in [-0.4, -0.2) is 54.8 Å². The average Bonchev–Trinajstić information content (AvgIpc) is 3.02. The second kappa shape index (κ2) is 7.14. The van der Waals surface area contributed by atoms with Crippen molar-refractivity contribution in [3.05, 3.63) is 36.2 Å². The highest BCUT2D eigenvalue weighted by molar-refractivity contribution is 5.92. The van der Waals surface area contributed by atoms with Crippen LogP contribution in [0.1, 0.15) is 10.5 Å². The molecular formula is C16H19N5O3. The van der Waals surface area contributed by atoms with Gasteiger partial charge in [0.2, 0.25) is 12.7 Å². The summed E-state index contributed by atoms with van der Waals surface area (Å²) in [5.41, 5.74) is 1.07. The van der Waals surface area contributed by atoms with E-state index >= 15 is 0 Å². The van der Waals surface area contributed by atoms with Crippen LogP contribution in [0.15, 0.2) is 30.5 Å². The maximum Gasteiger partial charge on any atom is 0.270 e. The summed E-state index contributed by atoms with van der Waals surface area (Å²) in [5, 5.41) is 5.88. The summed E-state index contributed by atoms with van der Waals surface area (Å²) >= 11 is 0. The first-order valence-corrected chi connectivity index (χ1v) is 7.54. The molecule has 126 valence electrons. The molecular weight excluding hydrogens is 310 g/mol. The summed E-state index contributed by atoms with van der Waals surface area (Å²) in [4.78, 5) is 22.5. The van der Waals surface area contributed by atoms with E-state index in [4.69, 9.17) is 9.47 Å². The number of nitrogens with zero attached hydrogens (tertiary/aromatic N) is 3. The lowest BCUT2D eigenvalue weighted by Gasteiger charge is -2.10. The van der Waals surface area contributed by atoms with Crippen molar-refractivity contribution >= 4 is 17.5 Å². The Balaban J connectivity index is 1.65. The quantitative estimate of drug-likeness (QED) is 0.824. The standard InChI is InChI=1S/C16H19N5O3/c1-21(2)8-7-17-15(22)12-5-6-18-16(20-12)19-11-3-4-13-14(9-11)24-10-23-13/h3-6,9H,7-8,10H2,1-2H3,(H,17,22)(H,18,19,20). The van der Waals surface area contributed by atoms with Gasteiger partial charge in [0.15, 0.2) is 11.5 Å². The number of nitrogens with one attached hydrogen (secondary N) is 2. The number of aromatic nitrogens is 2. The van der Waals surface area contributed by atoms with Crippen molar-refractivity contribution in [3.63, 3.8) is 0 Å². The minimum Gasteiger partial charge on any atom is -0.454 e. The van der Waals surface area contributed by atoms with Gasteiger partial charge in [-0.3, -0.25) is 4.79 Å². The van der Waals surface area contributed by atoms with E-state index in [9.17, 15) is 4.79 Å². The van der Waals surface area contributed by atoms with Crippen LogP contribution >= 0.6 is 0 Å². The summed E-state index contributed by atoms with van der Waals surface area (Å²) in [6.07, 6.45) is 1.54. The van der Waals surface area contributed by atoms with Crippen molar-refractivity contribution in [3.8, 4) is 11.5 Å². The summed E-state index contributed by atoms with van der Waals surface area (Å²) in [6, 6.07) is 7.02. The summed E-state index contributed by atoms with van der Waals surface area (Å²) in [5.74, 6) is 1.48. The van der Waals surface area contributed by atoms with E-state index in [-0.39, 0.29) is 12.7 Å². The third kappa shape index (κ3) is 3.90. The lowest BCUT2D eigenvalue weighted by molar-refractivity contribution is 0.0946. The number of amides is 1. The monoisotopic (exact) mass is 329 g/mol. The number of carbonyl (C=O) groups is 1. The molecule has 1 aromatic heterocycles. The molecule has 3 rings (SSSR count). The molecule has 2 heterocycles. The topological polar surface area (TPSA) is 88.6 Å². The predicted octanol–water partition coefficient (Wildman–Crippen LogP) is 1.24. The molecule has 24 heavy (non-hydrogen) atoms. The number of rotatable bonds is 6. The maximum absolute atomic E-state index is 12.1. The first kappa shape index (κ1) is 16.0. The highest BCUT2D eigenvalue weighted by Gasteiger charge is 2.14. The zero-order chi connectivity index (χ0) is 16.9. The fourth-order valence-corrected chi connectivity index (χ4v) is 2.13. The summed E-state index contributed by atoms with van der Waals surface area (Å²) < 4.78 is 10.6. The molecule has 0 saturated heterocycles. The number of carbonyl (C=O) groups excluding carboxylic acids is 1. The van der Waals surface area contributed by atoms with Gasteiger partial charge in [0.25, 0.3) is 5.91 Å². The zero-order valence-electron chi connectivity index (χ0n) is 13.6. The number of likely N-dealkylation sites (N-methyl/N-ethyl adjacent to an activating group) is 1. The van der Waals surface area contributed by atoms with Crippen LogP contribution in [0, 0.1) is 0 Å². The average molecular weight is 329 g/mol. The van der Waals surface area contributed by atoms with E-state index < -0.39 is 0 Å². The molecule has 2 aromatic rings. The van der Waals surface area contributed by atoms with Crippen molar-refractivity contribution in [2.45, 2.75) is 0 Å². The molecule has 0 aliphatic carbocycles. The van der Waals surface area contributed by atoms with Gasteiger partial charge in [0, 0.05) is 31.0 Å². The van der Waals surface area contributed by atoms with Crippen LogP contribution in [0.5, 0.6) is 11.5 Å². The van der Waals surface area contributed by atoms with Gasteiger partial charge in [-0.1, -0.05) is 0 Å². The van der Waals surface area contributed by atoms with E-state index in [2.05, 4.69) is 20.6 Å². The zero-order valence-corrected chi connectivity index (χ0v) is 13.6. The van der Waals surface area contributed by atoms with Gasteiger partial charge in [0.05, 0.1) is 0 Å². The van der Waals surface area contributed by atoms with E-state index in [1.165, 1.54) is 0 Å². The number of hydrogen-bond acceptors (Lipinski definition) is 7. The second-order valence-electron chi connectivity index (χ2n) is 5.52. The Bertz CT molecular complexity index is 735. The molecule has 1 aromatic carbocycles. The fourth-order valence-electron chi connectivity index (χ4n) is 2.13. The van der Waals surface area contributed by atoms with Crippen LogP contribution in [-0.2, 0) is 0 Å². The fraction of sp³-hybridized carbons (Fsp3) is 0.312. The van der Waals surface area contributed by atoms with Crippen LogP contribution in [0.25, 0.3) is 0 Å². The van der Waals surface area contributed by atoms with Crippen molar-refractivity contribution in [2.24, 2.45) is 0 Å². The van der Waals surface area contributed by atoms with Crippen molar-refractivity contribution in [1.29, 1.82) is 0 Å². The Kier molecular flexibility index (Phi) is 4.76. The molecule has 0 bridgehead atoms. The smallest absolute Gasteiger partial charge is 0.270 e. The molecule has 1 aliphatic rings. The number of anilines is 2. The molecule has 1 aliphatic heterocycles. The lowest BCUT2D eigenvalue weighted by atomic mass is 10.3. The van der Waals surface area contributed by atoms with Gasteiger partial charge in [-0.25, -0.2) is 9.97 Å². The Morgan fingerprint density at radius 1 is 1.25 bits per heavy atom. The molecule has 1 amide bonds. The third-order valence-electron chi connectivity index (χ3n) is 3.36. The number of fused-ring (bicyclic) bond motifs is 1. The van der Waals surface area contributed by atoms with Gasteiger partial charge >= 0.3 is 0 Å². The molecule has 0 unspecified atom stereocenters. The predicted molar refractivity (Wildman–Crippen MR) is 88.8 cm³/mol. The molecule has 0 atom stereocenters. The normalized spacial score (nSPS) is 12.3. The Hall–Kier alpha value is -2.87. The van der Waals surface area contributed by atoms with Crippen LogP contribution in [0.2, 0.25) is 0 Å². The highest BCUT2D eigenvalue weighted by atomic mass is 16.7. The van der Waals surface area contributed by atoms with E-state index in [0.29, 0.717) is 29.7 Å². The Labute approximate surface area is 139 Å². The van der Waals surface area contributed by atoms with Gasteiger partial charge in [-0.15, -0.1) is 0 Å². The van der Waals surface area contributed by atoms with Crippen LogP contribution in [0.4, 0.5) is 11.6 Å². The first-order valence-electron chi connectivity index (χ1n) is 7.54. The molecule has 8 heteroatoms. The molecule has 8 nitrogen and oxygen atoms in total. The van der Waals surface area contributed by atoms with Gasteiger partial charge < -0.3 is 25.0 Å². The number of hydrogen-bond donors (Lipinski definition) is 2. The van der Waals surface area contributed by atoms with Crippen molar-refractivity contribution < 1.29 is 14.3 Å². The number of ether oxygens (including phenoxy) is 2. The lowest BCUT2D eigenvalue weighted by Crippen LogP contribution is -2.31. The summed E-state index contributed by atoms with van der Waals surface area (Å²) in [6.45, 7) is 1.54. The second-order valence-corrected chi connectivity index (χ2v) is 5.52. The van der Waals surface area contributed by atoms with E-state index in [1.807, 2.05) is 31.1 Å². The van der Waals surface area contributed by atoms with Crippen LogP contribution < -0.4 is 20.1 Å².